The second kappa shape index (κ2) is 6.28. The van der Waals surface area contributed by atoms with E-state index >= 15 is 0 Å². The highest BCUT2D eigenvalue weighted by molar-refractivity contribution is 7.09. The number of thiophene rings is 1. The van der Waals surface area contributed by atoms with Crippen molar-refractivity contribution in [1.82, 2.24) is 4.90 Å². The van der Waals surface area contributed by atoms with Gasteiger partial charge in [0.1, 0.15) is 0 Å². The zero-order valence-electron chi connectivity index (χ0n) is 10.7. The number of rotatable bonds is 5. The molecule has 1 aromatic carbocycles. The van der Waals surface area contributed by atoms with Gasteiger partial charge in [-0.3, -0.25) is 9.69 Å². The highest BCUT2D eigenvalue weighted by atomic mass is 32.1. The van der Waals surface area contributed by atoms with Gasteiger partial charge in [-0.2, -0.15) is 5.26 Å². The maximum absolute atomic E-state index is 12.1. The first-order valence-corrected chi connectivity index (χ1v) is 6.81. The summed E-state index contributed by atoms with van der Waals surface area (Å²) < 4.78 is 0. The molecule has 0 aliphatic carbocycles. The molecule has 19 heavy (non-hydrogen) atoms. The number of hydrogen-bond donors (Lipinski definition) is 0. The van der Waals surface area contributed by atoms with Crippen LogP contribution >= 0.6 is 11.3 Å². The van der Waals surface area contributed by atoms with Gasteiger partial charge in [-0.1, -0.05) is 18.2 Å². The average molecular weight is 270 g/mol. The highest BCUT2D eigenvalue weighted by Gasteiger charge is 2.10. The van der Waals surface area contributed by atoms with Gasteiger partial charge in [0.25, 0.3) is 0 Å². The first kappa shape index (κ1) is 13.5. The molecule has 0 amide bonds. The fraction of sp³-hybridized carbons (Fsp3) is 0.200. The lowest BCUT2D eigenvalue weighted by Crippen LogP contribution is -2.25. The molecule has 3 nitrogen and oxygen atoms in total. The molecule has 0 radical (unpaired) electrons. The molecule has 0 spiro atoms. The van der Waals surface area contributed by atoms with Crippen molar-refractivity contribution in [3.8, 4) is 6.07 Å². The number of ketones is 1. The van der Waals surface area contributed by atoms with Crippen LogP contribution in [0.4, 0.5) is 0 Å². The van der Waals surface area contributed by atoms with Gasteiger partial charge < -0.3 is 0 Å². The van der Waals surface area contributed by atoms with Crippen LogP contribution in [0, 0.1) is 11.3 Å². The molecule has 96 valence electrons. The van der Waals surface area contributed by atoms with Crippen molar-refractivity contribution in [3.05, 3.63) is 57.8 Å². The Bertz CT molecular complexity index is 582. The van der Waals surface area contributed by atoms with Crippen LogP contribution in [0.1, 0.15) is 20.8 Å². The number of Topliss-reactive ketones (excluding diaryl/α,β-unsaturated/α-hetero) is 1. The number of benzene rings is 1. The first-order chi connectivity index (χ1) is 9.19. The van der Waals surface area contributed by atoms with E-state index < -0.39 is 0 Å². The summed E-state index contributed by atoms with van der Waals surface area (Å²) in [4.78, 5) is 15.3. The first-order valence-electron chi connectivity index (χ1n) is 5.93. The summed E-state index contributed by atoms with van der Waals surface area (Å²) in [5.74, 6) is 0.0727. The topological polar surface area (TPSA) is 44.1 Å². The Labute approximate surface area is 116 Å². The minimum absolute atomic E-state index is 0.0727. The molecule has 0 saturated carbocycles. The van der Waals surface area contributed by atoms with E-state index in [1.165, 1.54) is 4.88 Å². The Balaban J connectivity index is 1.94. The maximum Gasteiger partial charge on any atom is 0.176 e. The molecule has 0 aliphatic heterocycles. The lowest BCUT2D eigenvalue weighted by molar-refractivity contribution is 0.0943. The van der Waals surface area contributed by atoms with Crippen molar-refractivity contribution >= 4 is 17.1 Å². The fourth-order valence-corrected chi connectivity index (χ4v) is 2.58. The van der Waals surface area contributed by atoms with Gasteiger partial charge in [-0.25, -0.2) is 0 Å². The monoisotopic (exact) mass is 270 g/mol. The minimum atomic E-state index is 0.0727. The van der Waals surface area contributed by atoms with Crippen LogP contribution in [0.15, 0.2) is 41.8 Å². The summed E-state index contributed by atoms with van der Waals surface area (Å²) >= 11 is 1.69. The zero-order chi connectivity index (χ0) is 13.7. The van der Waals surface area contributed by atoms with Crippen LogP contribution in [0.5, 0.6) is 0 Å². The zero-order valence-corrected chi connectivity index (χ0v) is 11.5. The summed E-state index contributed by atoms with van der Waals surface area (Å²) in [5, 5.41) is 10.7. The Morgan fingerprint density at radius 1 is 1.32 bits per heavy atom. The molecule has 4 heteroatoms. The number of likely N-dealkylation sites (N-methyl/N-ethyl adjacent to an activating group) is 1. The van der Waals surface area contributed by atoms with Gasteiger partial charge in [0.15, 0.2) is 5.78 Å². The second-order valence-electron chi connectivity index (χ2n) is 4.36. The van der Waals surface area contributed by atoms with Crippen LogP contribution in [-0.4, -0.2) is 24.3 Å². The van der Waals surface area contributed by atoms with Crippen molar-refractivity contribution in [3.63, 3.8) is 0 Å². The van der Waals surface area contributed by atoms with E-state index in [9.17, 15) is 4.79 Å². The molecule has 0 bridgehead atoms. The van der Waals surface area contributed by atoms with Crippen LogP contribution in [0.3, 0.4) is 0 Å². The van der Waals surface area contributed by atoms with Crippen molar-refractivity contribution in [2.45, 2.75) is 6.54 Å². The number of hydrogen-bond acceptors (Lipinski definition) is 4. The van der Waals surface area contributed by atoms with E-state index in [1.807, 2.05) is 29.5 Å². The molecule has 2 rings (SSSR count). The van der Waals surface area contributed by atoms with Gasteiger partial charge in [0.05, 0.1) is 18.2 Å². The summed E-state index contributed by atoms with van der Waals surface area (Å²) in [6.45, 7) is 1.16. The summed E-state index contributed by atoms with van der Waals surface area (Å²) in [7, 11) is 1.93. The average Bonchev–Trinajstić information content (AvgIpc) is 2.91. The number of nitrogens with zero attached hydrogens (tertiary/aromatic N) is 2. The Kier molecular flexibility index (Phi) is 4.45. The third-order valence-electron chi connectivity index (χ3n) is 2.76. The van der Waals surface area contributed by atoms with E-state index in [0.29, 0.717) is 17.7 Å². The van der Waals surface area contributed by atoms with Gasteiger partial charge in [0.2, 0.25) is 0 Å². The van der Waals surface area contributed by atoms with Crippen LogP contribution in [-0.2, 0) is 6.54 Å². The largest absolute Gasteiger partial charge is 0.294 e. The van der Waals surface area contributed by atoms with E-state index in [0.717, 1.165) is 6.54 Å². The molecular weight excluding hydrogens is 256 g/mol. The highest BCUT2D eigenvalue weighted by Crippen LogP contribution is 2.11. The van der Waals surface area contributed by atoms with Gasteiger partial charge in [-0.05, 0) is 30.6 Å². The number of carbonyl (C=O) groups excluding carboxylic acids is 1. The maximum atomic E-state index is 12.1. The van der Waals surface area contributed by atoms with Crippen molar-refractivity contribution < 1.29 is 4.79 Å². The summed E-state index contributed by atoms with van der Waals surface area (Å²) in [5.41, 5.74) is 1.22. The fourth-order valence-electron chi connectivity index (χ4n) is 1.79. The molecule has 0 aliphatic rings. The predicted octanol–water partition coefficient (Wildman–Crippen LogP) is 2.93. The lowest BCUT2D eigenvalue weighted by Gasteiger charge is -2.14. The predicted molar refractivity (Wildman–Crippen MR) is 76.1 cm³/mol. The van der Waals surface area contributed by atoms with Crippen molar-refractivity contribution in [1.29, 1.82) is 5.26 Å². The standard InChI is InChI=1S/C15H14N2OS/c1-17(10-14-3-2-8-19-14)11-15(18)13-6-4-12(9-16)5-7-13/h2-8H,10-11H2,1H3. The third kappa shape index (κ3) is 3.75. The molecule has 0 N–H and O–H groups in total. The molecule has 0 unspecified atom stereocenters. The molecule has 1 heterocycles. The quantitative estimate of drug-likeness (QED) is 0.785. The Hall–Kier alpha value is -1.96. The molecule has 0 fully saturated rings. The number of nitriles is 1. The van der Waals surface area contributed by atoms with Crippen LogP contribution < -0.4 is 0 Å². The number of carbonyl (C=O) groups is 1. The normalized spacial score (nSPS) is 10.4. The molecule has 0 atom stereocenters. The Morgan fingerprint density at radius 3 is 2.63 bits per heavy atom. The summed E-state index contributed by atoms with van der Waals surface area (Å²) in [6.07, 6.45) is 0. The third-order valence-corrected chi connectivity index (χ3v) is 3.62. The van der Waals surface area contributed by atoms with Crippen molar-refractivity contribution in [2.24, 2.45) is 0 Å². The van der Waals surface area contributed by atoms with Gasteiger partial charge in [-0.15, -0.1) is 11.3 Å². The van der Waals surface area contributed by atoms with Crippen molar-refractivity contribution in [2.75, 3.05) is 13.6 Å². The molecular formula is C15H14N2OS. The van der Waals surface area contributed by atoms with E-state index in [4.69, 9.17) is 5.26 Å². The second-order valence-corrected chi connectivity index (χ2v) is 5.40. The van der Waals surface area contributed by atoms with E-state index in [1.54, 1.807) is 35.6 Å². The lowest BCUT2D eigenvalue weighted by atomic mass is 10.1. The Morgan fingerprint density at radius 2 is 2.05 bits per heavy atom. The van der Waals surface area contributed by atoms with Gasteiger partial charge in [0, 0.05) is 17.0 Å². The van der Waals surface area contributed by atoms with E-state index in [-0.39, 0.29) is 5.78 Å². The van der Waals surface area contributed by atoms with Crippen LogP contribution in [0.25, 0.3) is 0 Å². The molecule has 2 aromatic rings. The molecule has 1 aromatic heterocycles. The van der Waals surface area contributed by atoms with E-state index in [2.05, 4.69) is 6.07 Å². The van der Waals surface area contributed by atoms with Crippen LogP contribution in [0.2, 0.25) is 0 Å². The smallest absolute Gasteiger partial charge is 0.176 e. The minimum Gasteiger partial charge on any atom is -0.294 e. The SMILES string of the molecule is CN(CC(=O)c1ccc(C#N)cc1)Cc1cccs1. The van der Waals surface area contributed by atoms with Gasteiger partial charge >= 0.3 is 0 Å². The summed E-state index contributed by atoms with van der Waals surface area (Å²) in [6, 6.07) is 12.9. The molecule has 0 saturated heterocycles.